The highest BCUT2D eigenvalue weighted by atomic mass is 32.3. The zero-order valence-corrected chi connectivity index (χ0v) is 10.8. The van der Waals surface area contributed by atoms with Crippen LogP contribution in [0, 0.1) is 0 Å². The third kappa shape index (κ3) is 6.07. The van der Waals surface area contributed by atoms with Crippen LogP contribution in [0.5, 0.6) is 0 Å². The Balaban J connectivity index is 2.61. The van der Waals surface area contributed by atoms with Crippen molar-refractivity contribution in [3.63, 3.8) is 0 Å². The second kappa shape index (κ2) is 5.94. The van der Waals surface area contributed by atoms with E-state index >= 15 is 0 Å². The van der Waals surface area contributed by atoms with Crippen LogP contribution in [-0.4, -0.2) is 67.3 Å². The minimum Gasteiger partial charge on any atom is -0.735 e. The number of hydrogen-bond acceptors (Lipinski definition) is 10. The van der Waals surface area contributed by atoms with Crippen LogP contribution >= 0.6 is 0 Å². The molecule has 0 spiro atoms. The average molecular weight is 321 g/mol. The van der Waals surface area contributed by atoms with Crippen molar-refractivity contribution in [3.8, 4) is 0 Å². The zero-order chi connectivity index (χ0) is 14.8. The quantitative estimate of drug-likeness (QED) is 0.336. The predicted octanol–water partition coefficient (Wildman–Crippen LogP) is -3.65. The molecule has 0 bridgehead atoms. The molecule has 0 aromatic rings. The molecule has 19 heavy (non-hydrogen) atoms. The lowest BCUT2D eigenvalue weighted by Crippen LogP contribution is -2.57. The van der Waals surface area contributed by atoms with Gasteiger partial charge >= 0.3 is 0 Å². The molecule has 1 aliphatic rings. The summed E-state index contributed by atoms with van der Waals surface area (Å²) in [6.45, 7) is -0.753. The van der Waals surface area contributed by atoms with Crippen molar-refractivity contribution in [1.29, 1.82) is 0 Å². The van der Waals surface area contributed by atoms with Crippen LogP contribution in [0.4, 0.5) is 0 Å². The van der Waals surface area contributed by atoms with Gasteiger partial charge in [0.2, 0.25) is 10.4 Å². The molecule has 11 nitrogen and oxygen atoms in total. The van der Waals surface area contributed by atoms with E-state index in [4.69, 9.17) is 4.74 Å². The second-order valence-corrected chi connectivity index (χ2v) is 5.94. The van der Waals surface area contributed by atoms with Crippen LogP contribution in [0.2, 0.25) is 0 Å². The number of ether oxygens (including phenoxy) is 1. The smallest absolute Gasteiger partial charge is 0.217 e. The summed E-state index contributed by atoms with van der Waals surface area (Å²) < 4.78 is 71.9. The van der Waals surface area contributed by atoms with E-state index in [1.165, 1.54) is 4.72 Å². The van der Waals surface area contributed by atoms with E-state index in [0.29, 0.717) is 0 Å². The van der Waals surface area contributed by atoms with E-state index in [-0.39, 0.29) is 6.42 Å². The third-order valence-corrected chi connectivity index (χ3v) is 3.22. The van der Waals surface area contributed by atoms with E-state index in [1.807, 2.05) is 0 Å². The molecular weight excluding hydrogens is 310 g/mol. The SMILES string of the molecule is O=S(=O)([O-])NC1C(O)CC(COS(=O)(=O)[O-])OC1O. The normalized spacial score (nSPS) is 33.3. The molecule has 0 aromatic carbocycles. The van der Waals surface area contributed by atoms with Crippen molar-refractivity contribution >= 4 is 20.7 Å². The van der Waals surface area contributed by atoms with Gasteiger partial charge in [-0.1, -0.05) is 0 Å². The van der Waals surface area contributed by atoms with Crippen LogP contribution in [0.1, 0.15) is 6.42 Å². The molecule has 1 heterocycles. The molecule has 0 radical (unpaired) electrons. The van der Waals surface area contributed by atoms with E-state index < -0.39 is 51.8 Å². The molecule has 1 saturated heterocycles. The van der Waals surface area contributed by atoms with Gasteiger partial charge in [-0.05, 0) is 0 Å². The summed E-state index contributed by atoms with van der Waals surface area (Å²) in [4.78, 5) is 0. The first kappa shape index (κ1) is 16.7. The lowest BCUT2D eigenvalue weighted by molar-refractivity contribution is -0.209. The van der Waals surface area contributed by atoms with E-state index in [9.17, 15) is 36.2 Å². The summed E-state index contributed by atoms with van der Waals surface area (Å²) in [6, 6.07) is -1.59. The second-order valence-electron chi connectivity index (χ2n) is 3.74. The third-order valence-electron chi connectivity index (χ3n) is 2.24. The van der Waals surface area contributed by atoms with Crippen molar-refractivity contribution in [1.82, 2.24) is 4.72 Å². The molecule has 13 heteroatoms. The Kier molecular flexibility index (Phi) is 5.21. The van der Waals surface area contributed by atoms with E-state index in [1.54, 1.807) is 0 Å². The van der Waals surface area contributed by atoms with Crippen molar-refractivity contribution in [2.75, 3.05) is 6.61 Å². The molecule has 1 fully saturated rings. The highest BCUT2D eigenvalue weighted by Crippen LogP contribution is 2.20. The van der Waals surface area contributed by atoms with Crippen molar-refractivity contribution < 1.29 is 45.1 Å². The predicted molar refractivity (Wildman–Crippen MR) is 53.8 cm³/mol. The summed E-state index contributed by atoms with van der Waals surface area (Å²) in [5, 5.41) is 18.9. The van der Waals surface area contributed by atoms with Crippen molar-refractivity contribution in [3.05, 3.63) is 0 Å². The molecule has 0 amide bonds. The number of nitrogens with one attached hydrogen (secondary N) is 1. The number of aliphatic hydroxyl groups is 2. The van der Waals surface area contributed by atoms with Gasteiger partial charge in [-0.2, -0.15) is 0 Å². The fourth-order valence-corrected chi connectivity index (χ4v) is 2.44. The van der Waals surface area contributed by atoms with Crippen LogP contribution in [0.15, 0.2) is 0 Å². The largest absolute Gasteiger partial charge is 0.735 e. The van der Waals surface area contributed by atoms with Crippen molar-refractivity contribution in [2.45, 2.75) is 31.0 Å². The van der Waals surface area contributed by atoms with Gasteiger partial charge in [0, 0.05) is 6.42 Å². The Hall–Kier alpha value is -0.380. The minimum absolute atomic E-state index is 0.347. The molecule has 1 rings (SSSR count). The Labute approximate surface area is 109 Å². The van der Waals surface area contributed by atoms with E-state index in [2.05, 4.69) is 4.18 Å². The van der Waals surface area contributed by atoms with Gasteiger partial charge in [0.05, 0.1) is 24.9 Å². The highest BCUT2D eigenvalue weighted by molar-refractivity contribution is 7.83. The topological polar surface area (TPSA) is 185 Å². The van der Waals surface area contributed by atoms with Gasteiger partial charge in [0.1, 0.15) is 0 Å². The lowest BCUT2D eigenvalue weighted by Gasteiger charge is -2.37. The summed E-state index contributed by atoms with van der Waals surface area (Å²) >= 11 is 0. The van der Waals surface area contributed by atoms with Crippen LogP contribution in [0.25, 0.3) is 0 Å². The molecule has 0 aliphatic carbocycles. The molecular formula is C6H11NO10S2-2. The number of hydrogen-bond donors (Lipinski definition) is 3. The zero-order valence-electron chi connectivity index (χ0n) is 9.20. The van der Waals surface area contributed by atoms with Crippen molar-refractivity contribution in [2.24, 2.45) is 0 Å². The Morgan fingerprint density at radius 2 is 1.84 bits per heavy atom. The molecule has 1 aliphatic heterocycles. The number of aliphatic hydroxyl groups excluding tert-OH is 2. The van der Waals surface area contributed by atoms with Gasteiger partial charge in [-0.3, -0.25) is 4.18 Å². The fourth-order valence-electron chi connectivity index (χ4n) is 1.51. The lowest BCUT2D eigenvalue weighted by atomic mass is 10.0. The monoisotopic (exact) mass is 321 g/mol. The maximum Gasteiger partial charge on any atom is 0.217 e. The van der Waals surface area contributed by atoms with Gasteiger partial charge in [0.15, 0.2) is 16.6 Å². The highest BCUT2D eigenvalue weighted by Gasteiger charge is 2.38. The summed E-state index contributed by atoms with van der Waals surface area (Å²) in [6.07, 6.45) is -4.91. The Bertz CT molecular complexity index is 488. The average Bonchev–Trinajstić information content (AvgIpc) is 2.18. The number of rotatable bonds is 5. The van der Waals surface area contributed by atoms with Crippen LogP contribution in [-0.2, 0) is 29.6 Å². The Morgan fingerprint density at radius 3 is 2.26 bits per heavy atom. The first-order valence-corrected chi connectivity index (χ1v) is 7.57. The molecule has 0 aromatic heterocycles. The van der Waals surface area contributed by atoms with Gasteiger partial charge < -0.3 is 24.1 Å². The first-order valence-electron chi connectivity index (χ1n) is 4.83. The van der Waals surface area contributed by atoms with Gasteiger partial charge in [-0.15, -0.1) is 0 Å². The maximum atomic E-state index is 10.4. The molecule has 4 atom stereocenters. The van der Waals surface area contributed by atoms with Gasteiger partial charge in [0.25, 0.3) is 0 Å². The fraction of sp³-hybridized carbons (Fsp3) is 1.00. The minimum atomic E-state index is -4.96. The van der Waals surface area contributed by atoms with E-state index in [0.717, 1.165) is 0 Å². The molecule has 4 unspecified atom stereocenters. The molecule has 0 saturated carbocycles. The molecule has 3 N–H and O–H groups in total. The summed E-state index contributed by atoms with van der Waals surface area (Å²) in [5.74, 6) is 0. The van der Waals surface area contributed by atoms with Crippen LogP contribution < -0.4 is 4.72 Å². The summed E-state index contributed by atoms with van der Waals surface area (Å²) in [7, 11) is -9.88. The Morgan fingerprint density at radius 1 is 1.26 bits per heavy atom. The van der Waals surface area contributed by atoms with Gasteiger partial charge in [-0.25, -0.2) is 21.6 Å². The summed E-state index contributed by atoms with van der Waals surface area (Å²) in [5.41, 5.74) is 0. The van der Waals surface area contributed by atoms with Crippen LogP contribution in [0.3, 0.4) is 0 Å². The molecule has 114 valence electrons. The standard InChI is InChI=1S/C6H13NO10S2/c8-4-1-3(2-16-19(13,14)15)17-6(9)5(4)7-18(10,11)12/h3-9H,1-2H2,(H,10,11,12)(H,13,14,15)/p-2. The first-order chi connectivity index (χ1) is 8.48. The maximum absolute atomic E-state index is 10.4.